The number of carbonyl (C=O) groups is 1. The smallest absolute Gasteiger partial charge is 0.264 e. The van der Waals surface area contributed by atoms with Gasteiger partial charge >= 0.3 is 0 Å². The summed E-state index contributed by atoms with van der Waals surface area (Å²) in [6.07, 6.45) is -0.143. The van der Waals surface area contributed by atoms with Gasteiger partial charge in [0.25, 0.3) is 15.9 Å². The normalized spacial score (nSPS) is 15.5. The molecule has 2 N–H and O–H groups in total. The van der Waals surface area contributed by atoms with Crippen LogP contribution in [0.1, 0.15) is 25.8 Å². The Morgan fingerprint density at radius 2 is 1.84 bits per heavy atom. The van der Waals surface area contributed by atoms with Crippen molar-refractivity contribution in [2.45, 2.75) is 43.8 Å². The fourth-order valence-electron chi connectivity index (χ4n) is 4.14. The molecule has 1 aliphatic heterocycles. The SMILES string of the molecule is COc1cccc(-c2ccc3c(c2)N(S(=O)(=O)c2cccc(C)c2)C[C@H](CCNC(=O)C(C)(C)O)O3)c1. The van der Waals surface area contributed by atoms with Crippen LogP contribution < -0.4 is 19.1 Å². The number of ether oxygens (including phenoxy) is 2. The van der Waals surface area contributed by atoms with Gasteiger partial charge in [0.05, 0.1) is 24.2 Å². The van der Waals surface area contributed by atoms with E-state index >= 15 is 0 Å². The third-order valence-corrected chi connectivity index (χ3v) is 7.95. The fourth-order valence-corrected chi connectivity index (χ4v) is 5.74. The third-order valence-electron chi connectivity index (χ3n) is 6.18. The summed E-state index contributed by atoms with van der Waals surface area (Å²) in [5, 5.41) is 12.5. The van der Waals surface area contributed by atoms with Crippen molar-refractivity contribution < 1.29 is 27.8 Å². The maximum atomic E-state index is 13.9. The lowest BCUT2D eigenvalue weighted by molar-refractivity contribution is -0.136. The third kappa shape index (κ3) is 5.89. The second-order valence-electron chi connectivity index (χ2n) is 9.61. The van der Waals surface area contributed by atoms with E-state index < -0.39 is 27.6 Å². The minimum Gasteiger partial charge on any atom is -0.497 e. The van der Waals surface area contributed by atoms with Gasteiger partial charge in [-0.25, -0.2) is 8.42 Å². The number of anilines is 1. The number of nitrogens with zero attached hydrogens (tertiary/aromatic N) is 1. The summed E-state index contributed by atoms with van der Waals surface area (Å²) in [5.41, 5.74) is 1.48. The molecule has 0 aromatic heterocycles. The summed E-state index contributed by atoms with van der Waals surface area (Å²) in [4.78, 5) is 12.2. The first kappa shape index (κ1) is 26.5. The van der Waals surface area contributed by atoms with Crippen LogP contribution in [0.15, 0.2) is 71.6 Å². The molecule has 4 rings (SSSR count). The van der Waals surface area contributed by atoms with Crippen LogP contribution in [-0.4, -0.2) is 51.3 Å². The number of carbonyl (C=O) groups excluding carboxylic acids is 1. The highest BCUT2D eigenvalue weighted by atomic mass is 32.2. The van der Waals surface area contributed by atoms with Gasteiger partial charge in [-0.15, -0.1) is 0 Å². The van der Waals surface area contributed by atoms with E-state index in [1.165, 1.54) is 18.2 Å². The maximum absolute atomic E-state index is 13.9. The lowest BCUT2D eigenvalue weighted by atomic mass is 10.0. The topological polar surface area (TPSA) is 105 Å². The van der Waals surface area contributed by atoms with Gasteiger partial charge in [0.15, 0.2) is 0 Å². The number of fused-ring (bicyclic) bond motifs is 1. The molecule has 9 heteroatoms. The molecule has 8 nitrogen and oxygen atoms in total. The van der Waals surface area contributed by atoms with Crippen LogP contribution in [0.3, 0.4) is 0 Å². The van der Waals surface area contributed by atoms with E-state index in [4.69, 9.17) is 9.47 Å². The summed E-state index contributed by atoms with van der Waals surface area (Å²) in [6.45, 7) is 4.96. The Kier molecular flexibility index (Phi) is 7.47. The van der Waals surface area contributed by atoms with Gasteiger partial charge in [-0.05, 0) is 73.9 Å². The quantitative estimate of drug-likeness (QED) is 0.463. The summed E-state index contributed by atoms with van der Waals surface area (Å²) < 4.78 is 40.6. The van der Waals surface area contributed by atoms with Crippen LogP contribution in [0.2, 0.25) is 0 Å². The van der Waals surface area contributed by atoms with E-state index in [2.05, 4.69) is 5.32 Å². The molecule has 1 heterocycles. The van der Waals surface area contributed by atoms with Gasteiger partial charge < -0.3 is 19.9 Å². The number of aliphatic hydroxyl groups is 1. The second kappa shape index (κ2) is 10.4. The molecule has 3 aromatic carbocycles. The lowest BCUT2D eigenvalue weighted by Crippen LogP contribution is -2.46. The Labute approximate surface area is 217 Å². The zero-order valence-corrected chi connectivity index (χ0v) is 22.2. The lowest BCUT2D eigenvalue weighted by Gasteiger charge is -2.36. The zero-order valence-electron chi connectivity index (χ0n) is 21.4. The number of hydrogen-bond donors (Lipinski definition) is 2. The van der Waals surface area contributed by atoms with E-state index in [1.807, 2.05) is 49.4 Å². The molecule has 0 radical (unpaired) electrons. The van der Waals surface area contributed by atoms with Gasteiger partial charge in [0, 0.05) is 13.0 Å². The van der Waals surface area contributed by atoms with Gasteiger partial charge in [-0.1, -0.05) is 30.3 Å². The van der Waals surface area contributed by atoms with Crippen LogP contribution in [0.5, 0.6) is 11.5 Å². The molecule has 3 aromatic rings. The molecule has 0 aliphatic carbocycles. The average molecular weight is 525 g/mol. The Bertz CT molecular complexity index is 1400. The van der Waals surface area contributed by atoms with Crippen LogP contribution in [0.4, 0.5) is 5.69 Å². The Morgan fingerprint density at radius 3 is 2.54 bits per heavy atom. The first-order valence-electron chi connectivity index (χ1n) is 12.0. The number of benzene rings is 3. The Morgan fingerprint density at radius 1 is 1.11 bits per heavy atom. The monoisotopic (exact) mass is 524 g/mol. The molecule has 1 aliphatic rings. The molecule has 1 amide bonds. The van der Waals surface area contributed by atoms with Crippen molar-refractivity contribution in [3.05, 3.63) is 72.3 Å². The number of rotatable bonds is 8. The molecule has 0 bridgehead atoms. The summed E-state index contributed by atoms with van der Waals surface area (Å²) in [7, 11) is -2.31. The summed E-state index contributed by atoms with van der Waals surface area (Å²) in [5.74, 6) is 0.632. The fraction of sp³-hybridized carbons (Fsp3) is 0.321. The highest BCUT2D eigenvalue weighted by Crippen LogP contribution is 2.40. The standard InChI is InChI=1S/C28H32N2O6S/c1-19-7-5-10-24(15-19)37(33,34)30-18-23(13-14-29-27(31)28(2,3)32)36-26-12-11-21(17-25(26)30)20-8-6-9-22(16-20)35-4/h5-12,15-17,23,32H,13-14,18H2,1-4H3,(H,29,31)/t23-/m0/s1. The summed E-state index contributed by atoms with van der Waals surface area (Å²) in [6, 6.07) is 19.8. The summed E-state index contributed by atoms with van der Waals surface area (Å²) >= 11 is 0. The van der Waals surface area contributed by atoms with Gasteiger partial charge in [-0.2, -0.15) is 0 Å². The minimum absolute atomic E-state index is 0.0726. The van der Waals surface area contributed by atoms with Crippen LogP contribution >= 0.6 is 0 Å². The maximum Gasteiger partial charge on any atom is 0.264 e. The van der Waals surface area contributed by atoms with Crippen LogP contribution in [0, 0.1) is 6.92 Å². The predicted molar refractivity (Wildman–Crippen MR) is 142 cm³/mol. The first-order valence-corrected chi connectivity index (χ1v) is 13.5. The highest BCUT2D eigenvalue weighted by Gasteiger charge is 2.35. The largest absolute Gasteiger partial charge is 0.497 e. The molecule has 196 valence electrons. The predicted octanol–water partition coefficient (Wildman–Crippen LogP) is 3.90. The number of sulfonamides is 1. The van der Waals surface area contributed by atoms with E-state index in [0.717, 1.165) is 16.7 Å². The molecule has 0 fully saturated rings. The van der Waals surface area contributed by atoms with Crippen LogP contribution in [0.25, 0.3) is 11.1 Å². The average Bonchev–Trinajstić information content (AvgIpc) is 2.87. The first-order chi connectivity index (χ1) is 17.5. The number of aryl methyl sites for hydroxylation is 1. The van der Waals surface area contributed by atoms with E-state index in [-0.39, 0.29) is 18.0 Å². The van der Waals surface area contributed by atoms with Gasteiger partial charge in [0.1, 0.15) is 23.2 Å². The molecule has 37 heavy (non-hydrogen) atoms. The highest BCUT2D eigenvalue weighted by molar-refractivity contribution is 7.92. The second-order valence-corrected chi connectivity index (χ2v) is 11.5. The zero-order chi connectivity index (χ0) is 26.8. The van der Waals surface area contributed by atoms with Gasteiger partial charge in [0.2, 0.25) is 0 Å². The molecule has 0 spiro atoms. The van der Waals surface area contributed by atoms with Gasteiger partial charge in [-0.3, -0.25) is 9.10 Å². The van der Waals surface area contributed by atoms with E-state index in [0.29, 0.717) is 23.6 Å². The number of amides is 1. The van der Waals surface area contributed by atoms with Crippen molar-refractivity contribution in [3.63, 3.8) is 0 Å². The van der Waals surface area contributed by atoms with Crippen LogP contribution in [-0.2, 0) is 14.8 Å². The van der Waals surface area contributed by atoms with E-state index in [9.17, 15) is 18.3 Å². The molecular weight excluding hydrogens is 492 g/mol. The molecule has 0 saturated carbocycles. The van der Waals surface area contributed by atoms with Crippen molar-refractivity contribution >= 4 is 21.6 Å². The van der Waals surface area contributed by atoms with Crippen molar-refractivity contribution in [1.29, 1.82) is 0 Å². The Balaban J connectivity index is 1.69. The minimum atomic E-state index is -3.91. The van der Waals surface area contributed by atoms with Crippen molar-refractivity contribution in [3.8, 4) is 22.6 Å². The van der Waals surface area contributed by atoms with Crippen molar-refractivity contribution in [2.75, 3.05) is 24.5 Å². The van der Waals surface area contributed by atoms with Crippen molar-refractivity contribution in [2.24, 2.45) is 0 Å². The number of methoxy groups -OCH3 is 1. The number of nitrogens with one attached hydrogen (secondary N) is 1. The number of hydrogen-bond acceptors (Lipinski definition) is 6. The van der Waals surface area contributed by atoms with Crippen molar-refractivity contribution in [1.82, 2.24) is 5.32 Å². The molecule has 0 unspecified atom stereocenters. The molecule has 1 atom stereocenters. The van der Waals surface area contributed by atoms with E-state index in [1.54, 1.807) is 31.4 Å². The Hall–Kier alpha value is -3.56. The molecule has 0 saturated heterocycles. The molecular formula is C28H32N2O6S.